The number of likely N-dealkylation sites (tertiary alicyclic amines) is 1. The van der Waals surface area contributed by atoms with Gasteiger partial charge in [0, 0.05) is 24.9 Å². The van der Waals surface area contributed by atoms with Crippen LogP contribution >= 0.6 is 0 Å². The molecule has 0 spiro atoms. The molecular weight excluding hydrogens is 168 g/mol. The van der Waals surface area contributed by atoms with E-state index in [-0.39, 0.29) is 23.9 Å². The average molecular weight is 182 g/mol. The van der Waals surface area contributed by atoms with Gasteiger partial charge in [-0.3, -0.25) is 14.5 Å². The monoisotopic (exact) mass is 182 g/mol. The minimum atomic E-state index is -0.00634. The molecule has 1 saturated carbocycles. The molecule has 0 unspecified atom stereocenters. The van der Waals surface area contributed by atoms with Gasteiger partial charge in [0.05, 0.1) is 0 Å². The maximum absolute atomic E-state index is 11.4. The van der Waals surface area contributed by atoms with Crippen LogP contribution in [0, 0.1) is 0 Å². The largest absolute Gasteiger partial charge is 0.328 e. The zero-order valence-corrected chi connectivity index (χ0v) is 7.53. The second-order valence-electron chi connectivity index (χ2n) is 3.90. The molecule has 1 saturated heterocycles. The quantitative estimate of drug-likeness (QED) is 0.581. The molecule has 4 nitrogen and oxygen atoms in total. The summed E-state index contributed by atoms with van der Waals surface area (Å²) in [5, 5.41) is 0. The summed E-state index contributed by atoms with van der Waals surface area (Å²) < 4.78 is 0. The predicted octanol–water partition coefficient (Wildman–Crippen LogP) is 0.0152. The molecule has 0 bridgehead atoms. The van der Waals surface area contributed by atoms with Gasteiger partial charge in [-0.1, -0.05) is 0 Å². The molecule has 2 N–H and O–H groups in total. The Morgan fingerprint density at radius 1 is 1.15 bits per heavy atom. The highest BCUT2D eigenvalue weighted by molar-refractivity contribution is 5.98. The van der Waals surface area contributed by atoms with Gasteiger partial charge >= 0.3 is 0 Å². The van der Waals surface area contributed by atoms with Crippen molar-refractivity contribution in [1.82, 2.24) is 4.90 Å². The Hall–Kier alpha value is -0.900. The minimum Gasteiger partial charge on any atom is -0.328 e. The first-order valence-electron chi connectivity index (χ1n) is 4.79. The van der Waals surface area contributed by atoms with Gasteiger partial charge in [-0.15, -0.1) is 0 Å². The maximum Gasteiger partial charge on any atom is 0.229 e. The van der Waals surface area contributed by atoms with Crippen LogP contribution in [0.25, 0.3) is 0 Å². The summed E-state index contributed by atoms with van der Waals surface area (Å²) in [5.74, 6) is -0.0127. The van der Waals surface area contributed by atoms with E-state index in [0.29, 0.717) is 19.3 Å². The van der Waals surface area contributed by atoms with Crippen molar-refractivity contribution in [2.45, 2.75) is 44.2 Å². The molecule has 1 heterocycles. The highest BCUT2D eigenvalue weighted by Gasteiger charge is 2.38. The van der Waals surface area contributed by atoms with E-state index < -0.39 is 0 Å². The van der Waals surface area contributed by atoms with E-state index in [2.05, 4.69) is 0 Å². The van der Waals surface area contributed by atoms with E-state index in [1.807, 2.05) is 0 Å². The molecular formula is C9H14N2O2. The first kappa shape index (κ1) is 8.69. The molecule has 0 aromatic carbocycles. The van der Waals surface area contributed by atoms with E-state index >= 15 is 0 Å². The summed E-state index contributed by atoms with van der Waals surface area (Å²) in [5.41, 5.74) is 5.62. The maximum atomic E-state index is 11.4. The summed E-state index contributed by atoms with van der Waals surface area (Å²) >= 11 is 0. The standard InChI is InChI=1S/C9H14N2O2/c10-6-4-7(5-6)11-8(12)2-1-3-9(11)13/h6-7H,1-5,10H2. The molecule has 4 heteroatoms. The van der Waals surface area contributed by atoms with Gasteiger partial charge in [-0.2, -0.15) is 0 Å². The van der Waals surface area contributed by atoms with Crippen molar-refractivity contribution in [3.05, 3.63) is 0 Å². The Morgan fingerprint density at radius 3 is 2.15 bits per heavy atom. The van der Waals surface area contributed by atoms with E-state index in [9.17, 15) is 9.59 Å². The molecule has 0 aromatic heterocycles. The Balaban J connectivity index is 2.02. The van der Waals surface area contributed by atoms with Crippen LogP contribution in [0.2, 0.25) is 0 Å². The third-order valence-electron chi connectivity index (χ3n) is 2.83. The molecule has 0 aromatic rings. The summed E-state index contributed by atoms with van der Waals surface area (Å²) in [7, 11) is 0. The zero-order chi connectivity index (χ0) is 9.42. The van der Waals surface area contributed by atoms with Crippen LogP contribution in [-0.4, -0.2) is 28.8 Å². The Labute approximate surface area is 77.1 Å². The number of hydrogen-bond donors (Lipinski definition) is 1. The van der Waals surface area contributed by atoms with Crippen molar-refractivity contribution >= 4 is 11.8 Å². The lowest BCUT2D eigenvalue weighted by molar-refractivity contribution is -0.153. The molecule has 13 heavy (non-hydrogen) atoms. The smallest absolute Gasteiger partial charge is 0.229 e. The van der Waals surface area contributed by atoms with Crippen LogP contribution in [0.5, 0.6) is 0 Å². The number of hydrogen-bond acceptors (Lipinski definition) is 3. The number of nitrogens with two attached hydrogens (primary N) is 1. The van der Waals surface area contributed by atoms with Gasteiger partial charge in [-0.05, 0) is 19.3 Å². The molecule has 0 atom stereocenters. The second-order valence-corrected chi connectivity index (χ2v) is 3.90. The Kier molecular flexibility index (Phi) is 2.07. The van der Waals surface area contributed by atoms with Crippen molar-refractivity contribution < 1.29 is 9.59 Å². The number of amides is 2. The van der Waals surface area contributed by atoms with Gasteiger partial charge < -0.3 is 5.73 Å². The molecule has 2 aliphatic rings. The Bertz CT molecular complexity index is 230. The SMILES string of the molecule is NC1CC(N2C(=O)CCCC2=O)C1. The van der Waals surface area contributed by atoms with Crippen LogP contribution < -0.4 is 5.73 Å². The highest BCUT2D eigenvalue weighted by atomic mass is 16.2. The van der Waals surface area contributed by atoms with Crippen LogP contribution in [0.15, 0.2) is 0 Å². The first-order valence-corrected chi connectivity index (χ1v) is 4.79. The molecule has 0 radical (unpaired) electrons. The summed E-state index contributed by atoms with van der Waals surface area (Å²) in [4.78, 5) is 24.3. The molecule has 2 rings (SSSR count). The van der Waals surface area contributed by atoms with Crippen LogP contribution in [0.3, 0.4) is 0 Å². The van der Waals surface area contributed by atoms with Crippen LogP contribution in [0.1, 0.15) is 32.1 Å². The highest BCUT2D eigenvalue weighted by Crippen LogP contribution is 2.27. The minimum absolute atomic E-state index is 0.00634. The van der Waals surface area contributed by atoms with E-state index in [4.69, 9.17) is 5.73 Å². The van der Waals surface area contributed by atoms with Gasteiger partial charge in [0.15, 0.2) is 0 Å². The van der Waals surface area contributed by atoms with Gasteiger partial charge in [-0.25, -0.2) is 0 Å². The second kappa shape index (κ2) is 3.10. The lowest BCUT2D eigenvalue weighted by atomic mass is 9.85. The normalized spacial score (nSPS) is 34.7. The summed E-state index contributed by atoms with van der Waals surface area (Å²) in [6.07, 6.45) is 3.34. The third-order valence-corrected chi connectivity index (χ3v) is 2.83. The van der Waals surface area contributed by atoms with Gasteiger partial charge in [0.1, 0.15) is 0 Å². The van der Waals surface area contributed by atoms with E-state index in [0.717, 1.165) is 12.8 Å². The number of carbonyl (C=O) groups excluding carboxylic acids is 2. The number of rotatable bonds is 1. The van der Waals surface area contributed by atoms with Gasteiger partial charge in [0.2, 0.25) is 11.8 Å². The predicted molar refractivity (Wildman–Crippen MR) is 46.7 cm³/mol. The Morgan fingerprint density at radius 2 is 1.69 bits per heavy atom. The van der Waals surface area contributed by atoms with E-state index in [1.165, 1.54) is 4.90 Å². The van der Waals surface area contributed by atoms with Crippen LogP contribution in [-0.2, 0) is 9.59 Å². The van der Waals surface area contributed by atoms with Crippen molar-refractivity contribution in [3.8, 4) is 0 Å². The molecule has 1 aliphatic heterocycles. The fraction of sp³-hybridized carbons (Fsp3) is 0.778. The lowest BCUT2D eigenvalue weighted by Gasteiger charge is -2.41. The molecule has 2 amide bonds. The van der Waals surface area contributed by atoms with Crippen molar-refractivity contribution in [3.63, 3.8) is 0 Å². The topological polar surface area (TPSA) is 63.4 Å². The average Bonchev–Trinajstić information content (AvgIpc) is 2.00. The fourth-order valence-electron chi connectivity index (χ4n) is 2.02. The van der Waals surface area contributed by atoms with Gasteiger partial charge in [0.25, 0.3) is 0 Å². The third kappa shape index (κ3) is 1.46. The van der Waals surface area contributed by atoms with E-state index in [1.54, 1.807) is 0 Å². The number of carbonyl (C=O) groups is 2. The first-order chi connectivity index (χ1) is 6.18. The van der Waals surface area contributed by atoms with Crippen molar-refractivity contribution in [1.29, 1.82) is 0 Å². The van der Waals surface area contributed by atoms with Crippen molar-refractivity contribution in [2.24, 2.45) is 5.73 Å². The lowest BCUT2D eigenvalue weighted by Crippen LogP contribution is -2.56. The summed E-state index contributed by atoms with van der Waals surface area (Å²) in [6.45, 7) is 0. The number of nitrogens with zero attached hydrogens (tertiary/aromatic N) is 1. The molecule has 1 aliphatic carbocycles. The zero-order valence-electron chi connectivity index (χ0n) is 7.53. The number of piperidine rings is 1. The van der Waals surface area contributed by atoms with Crippen molar-refractivity contribution in [2.75, 3.05) is 0 Å². The molecule has 72 valence electrons. The summed E-state index contributed by atoms with van der Waals surface area (Å²) in [6, 6.07) is 0.294. The number of imide groups is 1. The molecule has 2 fully saturated rings. The van der Waals surface area contributed by atoms with Crippen LogP contribution in [0.4, 0.5) is 0 Å². The fourth-order valence-corrected chi connectivity index (χ4v) is 2.02.